The van der Waals surface area contributed by atoms with Crippen LogP contribution in [0.4, 0.5) is 0 Å². The van der Waals surface area contributed by atoms with E-state index in [1.54, 1.807) is 0 Å². The molecule has 0 spiro atoms. The summed E-state index contributed by atoms with van der Waals surface area (Å²) in [5, 5.41) is 0.776. The number of hydrogen-bond donors (Lipinski definition) is 1. The molecule has 0 amide bonds. The van der Waals surface area contributed by atoms with E-state index in [0.717, 1.165) is 45.8 Å². The molecule has 2 N–H and O–H groups in total. The maximum atomic E-state index is 6.29. The second kappa shape index (κ2) is 6.55. The van der Waals surface area contributed by atoms with Crippen molar-refractivity contribution in [1.29, 1.82) is 0 Å². The number of rotatable bonds is 4. The Labute approximate surface area is 143 Å². The molecular weight excluding hydrogens is 397 g/mol. The molecule has 0 aromatic heterocycles. The van der Waals surface area contributed by atoms with Gasteiger partial charge in [-0.05, 0) is 70.3 Å². The van der Waals surface area contributed by atoms with Gasteiger partial charge in [0.25, 0.3) is 0 Å². The number of aryl methyl sites for hydroxylation is 1. The third kappa shape index (κ3) is 3.52. The first-order valence-electron chi connectivity index (χ1n) is 7.08. The fourth-order valence-corrected chi connectivity index (χ4v) is 3.15. The van der Waals surface area contributed by atoms with Crippen LogP contribution in [0.2, 0.25) is 5.02 Å². The molecule has 2 aromatic rings. The first-order valence-corrected chi connectivity index (χ1v) is 8.54. The molecule has 110 valence electrons. The number of hydrogen-bond acceptors (Lipinski definition) is 2. The van der Waals surface area contributed by atoms with E-state index in [4.69, 9.17) is 22.1 Å². The van der Waals surface area contributed by atoms with Crippen molar-refractivity contribution in [3.8, 4) is 5.75 Å². The maximum Gasteiger partial charge on any atom is 0.122 e. The van der Waals surface area contributed by atoms with Crippen LogP contribution in [0.25, 0.3) is 0 Å². The Kier molecular flexibility index (Phi) is 4.72. The predicted molar refractivity (Wildman–Crippen MR) is 95.1 cm³/mol. The molecule has 21 heavy (non-hydrogen) atoms. The molecule has 0 bridgehead atoms. The molecule has 2 nitrogen and oxygen atoms in total. The van der Waals surface area contributed by atoms with Crippen molar-refractivity contribution in [3.05, 3.63) is 61.7 Å². The minimum absolute atomic E-state index is 0.0176. The van der Waals surface area contributed by atoms with Gasteiger partial charge in [0.15, 0.2) is 0 Å². The molecule has 4 heteroatoms. The predicted octanol–water partition coefficient (Wildman–Crippen LogP) is 4.51. The fraction of sp³-hybridized carbons (Fsp3) is 0.294. The first-order chi connectivity index (χ1) is 10.1. The Morgan fingerprint density at radius 1 is 1.24 bits per heavy atom. The Hall–Kier alpha value is -0.780. The molecule has 0 aliphatic carbocycles. The quantitative estimate of drug-likeness (QED) is 0.749. The summed E-state index contributed by atoms with van der Waals surface area (Å²) in [6.07, 6.45) is 2.90. The topological polar surface area (TPSA) is 35.2 Å². The standard InChI is InChI=1S/C17H17ClINO/c18-14-10-12(3-4-15(14)19)16(20)5-1-11-2-6-17-13(9-11)7-8-21-17/h2-4,6,9-10,16H,1,5,7-8,20H2. The van der Waals surface area contributed by atoms with Crippen molar-refractivity contribution in [2.75, 3.05) is 6.61 Å². The lowest BCUT2D eigenvalue weighted by atomic mass is 9.98. The van der Waals surface area contributed by atoms with Gasteiger partial charge < -0.3 is 10.5 Å². The normalized spacial score (nSPS) is 14.6. The Balaban J connectivity index is 1.65. The SMILES string of the molecule is NC(CCc1ccc2c(c1)CCO2)c1ccc(I)c(Cl)c1. The smallest absolute Gasteiger partial charge is 0.122 e. The van der Waals surface area contributed by atoms with Gasteiger partial charge in [0.2, 0.25) is 0 Å². The van der Waals surface area contributed by atoms with E-state index in [9.17, 15) is 0 Å². The van der Waals surface area contributed by atoms with Crippen molar-refractivity contribution < 1.29 is 4.74 Å². The molecule has 0 fully saturated rings. The summed E-state index contributed by atoms with van der Waals surface area (Å²) >= 11 is 8.39. The molecule has 0 saturated heterocycles. The van der Waals surface area contributed by atoms with Crippen molar-refractivity contribution in [2.45, 2.75) is 25.3 Å². The summed E-state index contributed by atoms with van der Waals surface area (Å²) in [5.41, 5.74) is 10.0. The van der Waals surface area contributed by atoms with E-state index < -0.39 is 0 Å². The van der Waals surface area contributed by atoms with Crippen molar-refractivity contribution in [1.82, 2.24) is 0 Å². The van der Waals surface area contributed by atoms with Gasteiger partial charge in [-0.3, -0.25) is 0 Å². The van der Waals surface area contributed by atoms with Gasteiger partial charge >= 0.3 is 0 Å². The van der Waals surface area contributed by atoms with Gasteiger partial charge in [0.1, 0.15) is 5.75 Å². The van der Waals surface area contributed by atoms with Crippen LogP contribution in [0.15, 0.2) is 36.4 Å². The van der Waals surface area contributed by atoms with Crippen LogP contribution in [-0.4, -0.2) is 6.61 Å². The van der Waals surface area contributed by atoms with Gasteiger partial charge in [-0.25, -0.2) is 0 Å². The highest BCUT2D eigenvalue weighted by atomic mass is 127. The van der Waals surface area contributed by atoms with Gasteiger partial charge in [-0.15, -0.1) is 0 Å². The zero-order valence-corrected chi connectivity index (χ0v) is 14.5. The largest absolute Gasteiger partial charge is 0.493 e. The third-order valence-electron chi connectivity index (χ3n) is 3.87. The van der Waals surface area contributed by atoms with E-state index in [1.807, 2.05) is 12.1 Å². The zero-order chi connectivity index (χ0) is 14.8. The molecule has 0 saturated carbocycles. The summed E-state index contributed by atoms with van der Waals surface area (Å²) in [6, 6.07) is 12.5. The summed E-state index contributed by atoms with van der Waals surface area (Å²) in [7, 11) is 0. The van der Waals surface area contributed by atoms with Gasteiger partial charge in [0, 0.05) is 16.0 Å². The second-order valence-electron chi connectivity index (χ2n) is 5.36. The van der Waals surface area contributed by atoms with Crippen molar-refractivity contribution in [2.24, 2.45) is 5.73 Å². The van der Waals surface area contributed by atoms with Gasteiger partial charge in [-0.1, -0.05) is 29.8 Å². The van der Waals surface area contributed by atoms with E-state index in [0.29, 0.717) is 0 Å². The molecule has 2 aromatic carbocycles. The fourth-order valence-electron chi connectivity index (χ4n) is 2.63. The lowest BCUT2D eigenvalue weighted by molar-refractivity contribution is 0.357. The highest BCUT2D eigenvalue weighted by Crippen LogP contribution is 2.28. The van der Waals surface area contributed by atoms with Crippen LogP contribution >= 0.6 is 34.2 Å². The molecule has 1 heterocycles. The maximum absolute atomic E-state index is 6.29. The highest BCUT2D eigenvalue weighted by molar-refractivity contribution is 14.1. The van der Waals surface area contributed by atoms with Crippen molar-refractivity contribution in [3.63, 3.8) is 0 Å². The van der Waals surface area contributed by atoms with E-state index >= 15 is 0 Å². The minimum Gasteiger partial charge on any atom is -0.493 e. The molecule has 1 atom stereocenters. The van der Waals surface area contributed by atoms with Crippen LogP contribution in [0.5, 0.6) is 5.75 Å². The van der Waals surface area contributed by atoms with Crippen LogP contribution in [0.3, 0.4) is 0 Å². The molecule has 1 aliphatic heterocycles. The third-order valence-corrected chi connectivity index (χ3v) is 5.44. The minimum atomic E-state index is 0.0176. The summed E-state index contributed by atoms with van der Waals surface area (Å²) < 4.78 is 6.59. The molecule has 0 radical (unpaired) electrons. The Bertz CT molecular complexity index is 659. The number of benzene rings is 2. The van der Waals surface area contributed by atoms with E-state index in [-0.39, 0.29) is 6.04 Å². The monoisotopic (exact) mass is 413 g/mol. The number of fused-ring (bicyclic) bond motifs is 1. The second-order valence-corrected chi connectivity index (χ2v) is 6.93. The zero-order valence-electron chi connectivity index (χ0n) is 11.6. The van der Waals surface area contributed by atoms with E-state index in [1.165, 1.54) is 11.1 Å². The van der Waals surface area contributed by atoms with Crippen molar-refractivity contribution >= 4 is 34.2 Å². The van der Waals surface area contributed by atoms with Crippen LogP contribution < -0.4 is 10.5 Å². The van der Waals surface area contributed by atoms with Gasteiger partial charge in [0.05, 0.1) is 11.6 Å². The number of nitrogens with two attached hydrogens (primary N) is 1. The van der Waals surface area contributed by atoms with Crippen LogP contribution in [-0.2, 0) is 12.8 Å². The van der Waals surface area contributed by atoms with Gasteiger partial charge in [-0.2, -0.15) is 0 Å². The summed E-state index contributed by atoms with van der Waals surface area (Å²) in [5.74, 6) is 1.03. The van der Waals surface area contributed by atoms with Crippen LogP contribution in [0.1, 0.15) is 29.2 Å². The number of ether oxygens (including phenoxy) is 1. The first kappa shape index (κ1) is 15.1. The molecule has 1 unspecified atom stereocenters. The summed E-state index contributed by atoms with van der Waals surface area (Å²) in [4.78, 5) is 0. The van der Waals surface area contributed by atoms with E-state index in [2.05, 4.69) is 46.9 Å². The lowest BCUT2D eigenvalue weighted by Crippen LogP contribution is -2.11. The molecular formula is C17H17ClINO. The average molecular weight is 414 g/mol. The highest BCUT2D eigenvalue weighted by Gasteiger charge is 2.13. The summed E-state index contributed by atoms with van der Waals surface area (Å²) in [6.45, 7) is 0.805. The average Bonchev–Trinajstić information content (AvgIpc) is 2.95. The molecule has 3 rings (SSSR count). The number of halogens is 2. The Morgan fingerprint density at radius 2 is 2.10 bits per heavy atom. The van der Waals surface area contributed by atoms with Crippen LogP contribution in [0, 0.1) is 3.57 Å². The molecule has 1 aliphatic rings. The Morgan fingerprint density at radius 3 is 2.90 bits per heavy atom. The lowest BCUT2D eigenvalue weighted by Gasteiger charge is -2.13.